The Morgan fingerprint density at radius 3 is 3.09 bits per heavy atom. The van der Waals surface area contributed by atoms with E-state index < -0.39 is 0 Å². The second-order valence-corrected chi connectivity index (χ2v) is 2.19. The Kier molecular flexibility index (Phi) is 1.25. The van der Waals surface area contributed by atoms with Crippen molar-refractivity contribution in [2.75, 3.05) is 0 Å². The van der Waals surface area contributed by atoms with Crippen LogP contribution in [-0.2, 0) is 7.05 Å². The third-order valence-electron chi connectivity index (χ3n) is 1.44. The van der Waals surface area contributed by atoms with Crippen molar-refractivity contribution >= 4 is 0 Å². The highest BCUT2D eigenvalue weighted by atomic mass is 16.3. The van der Waals surface area contributed by atoms with Crippen LogP contribution >= 0.6 is 0 Å². The van der Waals surface area contributed by atoms with Crippen molar-refractivity contribution in [1.82, 2.24) is 14.8 Å². The second-order valence-electron chi connectivity index (χ2n) is 2.19. The molecule has 2 rings (SSSR count). The number of nitrogens with zero attached hydrogens (tertiary/aromatic N) is 3. The number of aromatic nitrogens is 3. The molecule has 0 amide bonds. The fraction of sp³-hybridized carbons (Fsp3) is 0.143. The smallest absolute Gasteiger partial charge is 0.202 e. The van der Waals surface area contributed by atoms with Crippen LogP contribution in [0.3, 0.4) is 0 Å². The molecule has 0 saturated carbocycles. The van der Waals surface area contributed by atoms with Crippen LogP contribution in [0.25, 0.3) is 11.4 Å². The van der Waals surface area contributed by atoms with Gasteiger partial charge >= 0.3 is 0 Å². The predicted octanol–water partition coefficient (Wildman–Crippen LogP) is 0.875. The van der Waals surface area contributed by atoms with Gasteiger partial charge in [0.25, 0.3) is 0 Å². The van der Waals surface area contributed by atoms with Gasteiger partial charge in [-0.25, -0.2) is 0 Å². The molecule has 0 spiro atoms. The van der Waals surface area contributed by atoms with Gasteiger partial charge in [-0.3, -0.25) is 0 Å². The molecule has 55 valence electrons. The Morgan fingerprint density at radius 1 is 1.64 bits per heavy atom. The van der Waals surface area contributed by atoms with Gasteiger partial charge in [0.05, 0.1) is 11.8 Å². The minimum absolute atomic E-state index is 0.763. The number of aryl methyl sites for hydroxylation is 1. The molecule has 0 fully saturated rings. The summed E-state index contributed by atoms with van der Waals surface area (Å²) >= 11 is 0. The second kappa shape index (κ2) is 2.23. The minimum atomic E-state index is 0.763. The van der Waals surface area contributed by atoms with Crippen LogP contribution in [0.1, 0.15) is 0 Å². The number of hydrogen-bond acceptors (Lipinski definition) is 3. The van der Waals surface area contributed by atoms with Gasteiger partial charge in [0.1, 0.15) is 6.26 Å². The van der Waals surface area contributed by atoms with E-state index in [1.807, 2.05) is 13.1 Å². The molecule has 0 aliphatic heterocycles. The normalized spacial score (nSPS) is 10.3. The molecular weight excluding hydrogens is 142 g/mol. The van der Waals surface area contributed by atoms with Gasteiger partial charge in [0, 0.05) is 7.05 Å². The molecule has 0 aromatic carbocycles. The first-order valence-electron chi connectivity index (χ1n) is 3.17. The van der Waals surface area contributed by atoms with Crippen LogP contribution in [0.2, 0.25) is 0 Å². The monoisotopic (exact) mass is 148 g/mol. The predicted molar refractivity (Wildman–Crippen MR) is 37.5 cm³/mol. The molecule has 2 heterocycles. The number of hydrogen-bond donors (Lipinski definition) is 0. The van der Waals surface area contributed by atoms with E-state index in [1.54, 1.807) is 17.1 Å². The Morgan fingerprint density at radius 2 is 2.55 bits per heavy atom. The number of rotatable bonds is 1. The lowest BCUT2D eigenvalue weighted by Gasteiger charge is -1.91. The maximum atomic E-state index is 4.90. The van der Waals surface area contributed by atoms with Gasteiger partial charge in [0.2, 0.25) is 6.33 Å². The third kappa shape index (κ3) is 0.920. The van der Waals surface area contributed by atoms with E-state index in [0.717, 1.165) is 11.4 Å². The molecule has 0 atom stereocenters. The molecule has 1 radical (unpaired) electrons. The van der Waals surface area contributed by atoms with Gasteiger partial charge in [0.15, 0.2) is 5.82 Å². The molecule has 2 aromatic rings. The van der Waals surface area contributed by atoms with Gasteiger partial charge in [-0.05, 0) is 6.07 Å². The van der Waals surface area contributed by atoms with Crippen molar-refractivity contribution in [2.45, 2.75) is 0 Å². The molecule has 0 unspecified atom stereocenters. The molecule has 0 aliphatic carbocycles. The lowest BCUT2D eigenvalue weighted by molar-refractivity contribution is 0.567. The summed E-state index contributed by atoms with van der Waals surface area (Å²) in [4.78, 5) is 0. The van der Waals surface area contributed by atoms with Crippen molar-refractivity contribution in [3.8, 4) is 11.4 Å². The molecular formula is C7H6N3O. The van der Waals surface area contributed by atoms with Crippen molar-refractivity contribution in [1.29, 1.82) is 0 Å². The van der Waals surface area contributed by atoms with E-state index in [0.29, 0.717) is 0 Å². The van der Waals surface area contributed by atoms with Gasteiger partial charge < -0.3 is 8.98 Å². The maximum Gasteiger partial charge on any atom is 0.202 e. The summed E-state index contributed by atoms with van der Waals surface area (Å²) in [5.74, 6) is 0.763. The van der Waals surface area contributed by atoms with E-state index in [2.05, 4.69) is 16.5 Å². The lowest BCUT2D eigenvalue weighted by Crippen LogP contribution is -1.88. The van der Waals surface area contributed by atoms with E-state index in [4.69, 9.17) is 4.42 Å². The minimum Gasteiger partial charge on any atom is -0.472 e. The standard InChI is InChI=1S/C7H6N3O/c1-10-5-8-9-7(10)6-2-3-11-4-6/h2-4H,1H3. The Hall–Kier alpha value is -1.58. The van der Waals surface area contributed by atoms with Crippen LogP contribution in [-0.4, -0.2) is 14.8 Å². The summed E-state index contributed by atoms with van der Waals surface area (Å²) < 4.78 is 6.61. The van der Waals surface area contributed by atoms with E-state index >= 15 is 0 Å². The van der Waals surface area contributed by atoms with Crippen LogP contribution in [0.4, 0.5) is 0 Å². The van der Waals surface area contributed by atoms with Gasteiger partial charge in [-0.2, -0.15) is 0 Å². The first-order valence-corrected chi connectivity index (χ1v) is 3.17. The average molecular weight is 148 g/mol. The molecule has 4 heteroatoms. The number of furan rings is 1. The highest BCUT2D eigenvalue weighted by Crippen LogP contribution is 2.14. The highest BCUT2D eigenvalue weighted by Gasteiger charge is 2.04. The molecule has 0 aliphatic rings. The first kappa shape index (κ1) is 6.15. The first-order chi connectivity index (χ1) is 5.38. The van der Waals surface area contributed by atoms with E-state index in [1.165, 1.54) is 0 Å². The summed E-state index contributed by atoms with van der Waals surface area (Å²) in [6.07, 6.45) is 5.89. The summed E-state index contributed by atoms with van der Waals surface area (Å²) in [6, 6.07) is 1.83. The van der Waals surface area contributed by atoms with Gasteiger partial charge in [-0.1, -0.05) is 0 Å². The Labute approximate surface area is 63.5 Å². The zero-order valence-electron chi connectivity index (χ0n) is 5.98. The lowest BCUT2D eigenvalue weighted by atomic mass is 10.3. The summed E-state index contributed by atoms with van der Waals surface area (Å²) in [5, 5.41) is 7.48. The van der Waals surface area contributed by atoms with Gasteiger partial charge in [-0.15, -0.1) is 10.2 Å². The Balaban J connectivity index is 2.53. The molecule has 0 bridgehead atoms. The van der Waals surface area contributed by atoms with Crippen molar-refractivity contribution < 1.29 is 4.42 Å². The fourth-order valence-corrected chi connectivity index (χ4v) is 0.894. The maximum absolute atomic E-state index is 4.90. The molecule has 0 N–H and O–H groups in total. The Bertz CT molecular complexity index is 336. The van der Waals surface area contributed by atoms with E-state index in [-0.39, 0.29) is 0 Å². The molecule has 0 saturated heterocycles. The highest BCUT2D eigenvalue weighted by molar-refractivity contribution is 5.51. The quantitative estimate of drug-likeness (QED) is 0.602. The molecule has 4 nitrogen and oxygen atoms in total. The zero-order valence-corrected chi connectivity index (χ0v) is 5.98. The van der Waals surface area contributed by atoms with Crippen molar-refractivity contribution in [2.24, 2.45) is 7.05 Å². The summed E-state index contributed by atoms with van der Waals surface area (Å²) in [5.41, 5.74) is 0.918. The van der Waals surface area contributed by atoms with Crippen molar-refractivity contribution in [3.05, 3.63) is 24.9 Å². The SMILES string of the molecule is Cn1[c]nnc1-c1ccoc1. The van der Waals surface area contributed by atoms with Crippen LogP contribution in [0, 0.1) is 6.33 Å². The fourth-order valence-electron chi connectivity index (χ4n) is 0.894. The molecule has 2 aromatic heterocycles. The van der Waals surface area contributed by atoms with Crippen molar-refractivity contribution in [3.63, 3.8) is 0 Å². The van der Waals surface area contributed by atoms with Crippen LogP contribution in [0.5, 0.6) is 0 Å². The van der Waals surface area contributed by atoms with E-state index in [9.17, 15) is 0 Å². The van der Waals surface area contributed by atoms with Crippen LogP contribution in [0.15, 0.2) is 23.0 Å². The third-order valence-corrected chi connectivity index (χ3v) is 1.44. The summed E-state index contributed by atoms with van der Waals surface area (Å²) in [6.45, 7) is 0. The average Bonchev–Trinajstić information content (AvgIpc) is 2.55. The van der Waals surface area contributed by atoms with Crippen LogP contribution < -0.4 is 0 Å². The summed E-state index contributed by atoms with van der Waals surface area (Å²) in [7, 11) is 1.84. The topological polar surface area (TPSA) is 43.9 Å². The largest absolute Gasteiger partial charge is 0.472 e. The zero-order chi connectivity index (χ0) is 7.68. The molecule has 11 heavy (non-hydrogen) atoms.